The molecule has 8 heteroatoms. The summed E-state index contributed by atoms with van der Waals surface area (Å²) in [6.45, 7) is 0.558. The van der Waals surface area contributed by atoms with Crippen LogP contribution in [0.15, 0.2) is 72.0 Å². The van der Waals surface area contributed by atoms with E-state index in [-0.39, 0.29) is 16.9 Å². The molecule has 4 rings (SSSR count). The molecule has 0 unspecified atom stereocenters. The Morgan fingerprint density at radius 2 is 1.97 bits per heavy atom. The van der Waals surface area contributed by atoms with Gasteiger partial charge in [0.2, 0.25) is 0 Å². The SMILES string of the molecule is N#Cc1cc(C(=O)N/N=C/c2cccc3c2ccn3Cc2cccc(Cl)c2Cl)ccc1O. The van der Waals surface area contributed by atoms with Crippen LogP contribution in [0.1, 0.15) is 27.0 Å². The van der Waals surface area contributed by atoms with Crippen LogP contribution in [0.25, 0.3) is 10.9 Å². The third kappa shape index (κ3) is 4.30. The fraction of sp³-hybridized carbons (Fsp3) is 0.0417. The smallest absolute Gasteiger partial charge is 0.271 e. The van der Waals surface area contributed by atoms with E-state index in [9.17, 15) is 9.90 Å². The first kappa shape index (κ1) is 21.4. The Morgan fingerprint density at radius 1 is 1.16 bits per heavy atom. The molecule has 1 amide bonds. The molecule has 0 aliphatic heterocycles. The van der Waals surface area contributed by atoms with Gasteiger partial charge in [0.25, 0.3) is 5.91 Å². The molecule has 0 spiro atoms. The molecule has 0 aliphatic carbocycles. The Labute approximate surface area is 193 Å². The van der Waals surface area contributed by atoms with E-state index < -0.39 is 5.91 Å². The van der Waals surface area contributed by atoms with Crippen LogP contribution in [-0.2, 0) is 6.54 Å². The highest BCUT2D eigenvalue weighted by molar-refractivity contribution is 6.42. The van der Waals surface area contributed by atoms with Gasteiger partial charge in [-0.2, -0.15) is 10.4 Å². The molecule has 0 radical (unpaired) electrons. The van der Waals surface area contributed by atoms with Crippen molar-refractivity contribution >= 4 is 46.2 Å². The lowest BCUT2D eigenvalue weighted by molar-refractivity contribution is 0.0955. The van der Waals surface area contributed by atoms with Crippen LogP contribution in [0.4, 0.5) is 0 Å². The van der Waals surface area contributed by atoms with Gasteiger partial charge in [-0.05, 0) is 42.0 Å². The van der Waals surface area contributed by atoms with E-state index in [2.05, 4.69) is 15.1 Å². The van der Waals surface area contributed by atoms with Crippen LogP contribution in [0, 0.1) is 11.3 Å². The molecule has 158 valence electrons. The minimum Gasteiger partial charge on any atom is -0.507 e. The van der Waals surface area contributed by atoms with E-state index in [4.69, 9.17) is 28.5 Å². The van der Waals surface area contributed by atoms with Crippen molar-refractivity contribution in [3.05, 3.63) is 99.2 Å². The van der Waals surface area contributed by atoms with Gasteiger partial charge in [0.1, 0.15) is 11.8 Å². The van der Waals surface area contributed by atoms with E-state index in [0.29, 0.717) is 16.6 Å². The number of benzene rings is 3. The Kier molecular flexibility index (Phi) is 6.13. The number of aromatic hydroxyl groups is 1. The number of hydrazone groups is 1. The fourth-order valence-electron chi connectivity index (χ4n) is 3.34. The number of nitriles is 1. The fourth-order valence-corrected chi connectivity index (χ4v) is 3.72. The van der Waals surface area contributed by atoms with Crippen LogP contribution in [0.5, 0.6) is 5.75 Å². The molecule has 0 saturated carbocycles. The number of hydrogen-bond donors (Lipinski definition) is 2. The molecule has 6 nitrogen and oxygen atoms in total. The first-order valence-corrected chi connectivity index (χ1v) is 10.3. The van der Waals surface area contributed by atoms with E-state index in [1.165, 1.54) is 18.2 Å². The summed E-state index contributed by atoms with van der Waals surface area (Å²) in [7, 11) is 0. The lowest BCUT2D eigenvalue weighted by Crippen LogP contribution is -2.17. The number of carbonyl (C=O) groups is 1. The highest BCUT2D eigenvalue weighted by Crippen LogP contribution is 2.28. The van der Waals surface area contributed by atoms with Gasteiger partial charge in [0.15, 0.2) is 0 Å². The number of hydrogen-bond acceptors (Lipinski definition) is 4. The van der Waals surface area contributed by atoms with Crippen LogP contribution >= 0.6 is 23.2 Å². The van der Waals surface area contributed by atoms with Gasteiger partial charge >= 0.3 is 0 Å². The van der Waals surface area contributed by atoms with Crippen molar-refractivity contribution in [1.29, 1.82) is 5.26 Å². The molecule has 4 aromatic rings. The molecule has 0 saturated heterocycles. The monoisotopic (exact) mass is 462 g/mol. The van der Waals surface area contributed by atoms with Crippen molar-refractivity contribution in [1.82, 2.24) is 9.99 Å². The standard InChI is InChI=1S/C24H16Cl2N4O2/c25-20-5-1-4-17(23(20)26)14-30-10-9-19-16(3-2-6-21(19)30)13-28-29-24(32)15-7-8-22(31)18(11-15)12-27/h1-11,13,31H,14H2,(H,29,32)/b28-13+. The summed E-state index contributed by atoms with van der Waals surface area (Å²) in [4.78, 5) is 12.3. The summed E-state index contributed by atoms with van der Waals surface area (Å²) < 4.78 is 2.06. The lowest BCUT2D eigenvalue weighted by atomic mass is 10.1. The Morgan fingerprint density at radius 3 is 2.78 bits per heavy atom. The number of halogens is 2. The number of nitrogens with one attached hydrogen (secondary N) is 1. The maximum absolute atomic E-state index is 12.3. The lowest BCUT2D eigenvalue weighted by Gasteiger charge is -2.09. The predicted molar refractivity (Wildman–Crippen MR) is 125 cm³/mol. The van der Waals surface area contributed by atoms with Crippen molar-refractivity contribution in [2.24, 2.45) is 5.10 Å². The maximum atomic E-state index is 12.3. The first-order chi connectivity index (χ1) is 15.5. The number of phenols is 1. The maximum Gasteiger partial charge on any atom is 0.271 e. The van der Waals surface area contributed by atoms with Crippen molar-refractivity contribution < 1.29 is 9.90 Å². The Bertz CT molecular complexity index is 1400. The van der Waals surface area contributed by atoms with Crippen LogP contribution in [0.2, 0.25) is 10.0 Å². The molecular formula is C24H16Cl2N4O2. The summed E-state index contributed by atoms with van der Waals surface area (Å²) >= 11 is 12.5. The average molecular weight is 463 g/mol. The van der Waals surface area contributed by atoms with Crippen LogP contribution in [0.3, 0.4) is 0 Å². The van der Waals surface area contributed by atoms with Crippen LogP contribution in [-0.4, -0.2) is 21.8 Å². The quantitative estimate of drug-likeness (QED) is 0.309. The number of amides is 1. The summed E-state index contributed by atoms with van der Waals surface area (Å²) in [5, 5.41) is 24.6. The molecule has 0 atom stereocenters. The highest BCUT2D eigenvalue weighted by atomic mass is 35.5. The van der Waals surface area contributed by atoms with Crippen molar-refractivity contribution in [2.75, 3.05) is 0 Å². The summed E-state index contributed by atoms with van der Waals surface area (Å²) in [5.74, 6) is -0.666. The van der Waals surface area contributed by atoms with Crippen LogP contribution < -0.4 is 5.43 Å². The first-order valence-electron chi connectivity index (χ1n) is 9.55. The van der Waals surface area contributed by atoms with Gasteiger partial charge in [-0.3, -0.25) is 4.79 Å². The van der Waals surface area contributed by atoms with Gasteiger partial charge in [-0.15, -0.1) is 0 Å². The minimum absolute atomic E-state index is 0.0209. The summed E-state index contributed by atoms with van der Waals surface area (Å²) in [6, 6.07) is 19.2. The second kappa shape index (κ2) is 9.15. The molecular weight excluding hydrogens is 447 g/mol. The van der Waals surface area contributed by atoms with Gasteiger partial charge < -0.3 is 9.67 Å². The molecule has 1 aromatic heterocycles. The number of nitrogens with zero attached hydrogens (tertiary/aromatic N) is 3. The number of phenolic OH excluding ortho intramolecular Hbond substituents is 1. The van der Waals surface area contributed by atoms with E-state index >= 15 is 0 Å². The summed E-state index contributed by atoms with van der Waals surface area (Å²) in [6.07, 6.45) is 3.51. The summed E-state index contributed by atoms with van der Waals surface area (Å²) in [5.41, 5.74) is 5.40. The van der Waals surface area contributed by atoms with Crippen molar-refractivity contribution in [2.45, 2.75) is 6.54 Å². The minimum atomic E-state index is -0.488. The van der Waals surface area contributed by atoms with Gasteiger partial charge in [-0.25, -0.2) is 5.43 Å². The number of rotatable bonds is 5. The van der Waals surface area contributed by atoms with Gasteiger partial charge in [-0.1, -0.05) is 47.5 Å². The zero-order valence-corrected chi connectivity index (χ0v) is 18.1. The Balaban J connectivity index is 1.54. The molecule has 1 heterocycles. The second-order valence-electron chi connectivity index (χ2n) is 6.98. The zero-order chi connectivity index (χ0) is 22.7. The average Bonchev–Trinajstić information content (AvgIpc) is 3.21. The molecule has 2 N–H and O–H groups in total. The van der Waals surface area contributed by atoms with E-state index in [1.807, 2.05) is 48.7 Å². The van der Waals surface area contributed by atoms with Gasteiger partial charge in [0, 0.05) is 34.8 Å². The third-order valence-corrected chi connectivity index (χ3v) is 5.83. The largest absolute Gasteiger partial charge is 0.507 e. The Hall–Kier alpha value is -3.79. The number of carbonyl (C=O) groups excluding carboxylic acids is 1. The number of aromatic nitrogens is 1. The molecule has 0 bridgehead atoms. The number of fused-ring (bicyclic) bond motifs is 1. The topological polar surface area (TPSA) is 90.4 Å². The molecule has 0 aliphatic rings. The van der Waals surface area contributed by atoms with E-state index in [0.717, 1.165) is 22.0 Å². The molecule has 32 heavy (non-hydrogen) atoms. The normalized spacial score (nSPS) is 11.0. The van der Waals surface area contributed by atoms with Crippen molar-refractivity contribution in [3.8, 4) is 11.8 Å². The predicted octanol–water partition coefficient (Wildman–Crippen LogP) is 5.34. The highest BCUT2D eigenvalue weighted by Gasteiger charge is 2.10. The zero-order valence-electron chi connectivity index (χ0n) is 16.6. The van der Waals surface area contributed by atoms with Gasteiger partial charge in [0.05, 0.1) is 21.8 Å². The van der Waals surface area contributed by atoms with Crippen molar-refractivity contribution in [3.63, 3.8) is 0 Å². The molecule has 0 fully saturated rings. The molecule has 3 aromatic carbocycles. The third-order valence-electron chi connectivity index (χ3n) is 4.97. The second-order valence-corrected chi connectivity index (χ2v) is 7.76. The van der Waals surface area contributed by atoms with E-state index in [1.54, 1.807) is 12.3 Å².